The first-order chi connectivity index (χ1) is 13.4. The van der Waals surface area contributed by atoms with E-state index in [4.69, 9.17) is 4.74 Å². The summed E-state index contributed by atoms with van der Waals surface area (Å²) >= 11 is 0. The maximum atomic E-state index is 12.4. The number of rotatable bonds is 8. The molecule has 28 heavy (non-hydrogen) atoms. The molecule has 152 valence electrons. The minimum atomic E-state index is -0.737. The van der Waals surface area contributed by atoms with Crippen LogP contribution in [0.25, 0.3) is 0 Å². The zero-order chi connectivity index (χ0) is 20.5. The van der Waals surface area contributed by atoms with Crippen molar-refractivity contribution in [1.82, 2.24) is 15.5 Å². The fourth-order valence-electron chi connectivity index (χ4n) is 2.84. The minimum absolute atomic E-state index is 0.0314. The second-order valence-electron chi connectivity index (χ2n) is 6.41. The number of hydrogen-bond donors (Lipinski definition) is 3. The van der Waals surface area contributed by atoms with Crippen LogP contribution < -0.4 is 16.0 Å². The second kappa shape index (κ2) is 10.4. The number of carbonyl (C=O) groups excluding carboxylic acids is 4. The maximum Gasteiger partial charge on any atom is 0.307 e. The van der Waals surface area contributed by atoms with E-state index in [0.29, 0.717) is 37.4 Å². The summed E-state index contributed by atoms with van der Waals surface area (Å²) in [5.74, 6) is -1.27. The number of hydrogen-bond acceptors (Lipinski definition) is 6. The standard InChI is InChI=1S/C19H26N4O5/c1-3-10-28-17(25)11-15-19(27)21-8-9-23(15)12-16(24)22-14-6-4-13(5-7-14)18(26)20-2/h4-7,15H,3,8-12H2,1-2H3,(H,20,26)(H,21,27)(H,22,24). The lowest BCUT2D eigenvalue weighted by Gasteiger charge is -2.33. The van der Waals surface area contributed by atoms with Crippen LogP contribution in [-0.2, 0) is 19.1 Å². The maximum absolute atomic E-state index is 12.4. The highest BCUT2D eigenvalue weighted by Gasteiger charge is 2.33. The summed E-state index contributed by atoms with van der Waals surface area (Å²) in [6.07, 6.45) is 0.605. The van der Waals surface area contributed by atoms with Crippen LogP contribution in [0, 0.1) is 0 Å². The molecule has 3 amide bonds. The Balaban J connectivity index is 1.95. The van der Waals surface area contributed by atoms with Crippen molar-refractivity contribution < 1.29 is 23.9 Å². The van der Waals surface area contributed by atoms with E-state index in [1.54, 1.807) is 36.2 Å². The van der Waals surface area contributed by atoms with E-state index < -0.39 is 12.0 Å². The molecule has 1 saturated heterocycles. The Morgan fingerprint density at radius 3 is 2.61 bits per heavy atom. The summed E-state index contributed by atoms with van der Waals surface area (Å²) in [5.41, 5.74) is 1.02. The van der Waals surface area contributed by atoms with Crippen LogP contribution in [0.3, 0.4) is 0 Å². The number of benzene rings is 1. The van der Waals surface area contributed by atoms with E-state index in [-0.39, 0.29) is 30.7 Å². The van der Waals surface area contributed by atoms with Crippen molar-refractivity contribution in [2.45, 2.75) is 25.8 Å². The van der Waals surface area contributed by atoms with Crippen molar-refractivity contribution in [3.05, 3.63) is 29.8 Å². The summed E-state index contributed by atoms with van der Waals surface area (Å²) in [6, 6.07) is 5.74. The molecule has 2 rings (SSSR count). The van der Waals surface area contributed by atoms with Crippen molar-refractivity contribution in [2.24, 2.45) is 0 Å². The first kappa shape index (κ1) is 21.4. The van der Waals surface area contributed by atoms with E-state index >= 15 is 0 Å². The highest BCUT2D eigenvalue weighted by atomic mass is 16.5. The Labute approximate surface area is 163 Å². The quantitative estimate of drug-likeness (QED) is 0.543. The number of nitrogens with zero attached hydrogens (tertiary/aromatic N) is 1. The third kappa shape index (κ3) is 6.05. The largest absolute Gasteiger partial charge is 0.466 e. The lowest BCUT2D eigenvalue weighted by Crippen LogP contribution is -2.57. The van der Waals surface area contributed by atoms with Gasteiger partial charge in [-0.15, -0.1) is 0 Å². The zero-order valence-corrected chi connectivity index (χ0v) is 16.1. The van der Waals surface area contributed by atoms with Gasteiger partial charge in [-0.3, -0.25) is 24.1 Å². The summed E-state index contributed by atoms with van der Waals surface area (Å²) in [5, 5.41) is 7.97. The molecule has 1 heterocycles. The summed E-state index contributed by atoms with van der Waals surface area (Å²) < 4.78 is 5.05. The van der Waals surface area contributed by atoms with Crippen LogP contribution >= 0.6 is 0 Å². The molecule has 0 spiro atoms. The average Bonchev–Trinajstić information content (AvgIpc) is 2.69. The average molecular weight is 390 g/mol. The summed E-state index contributed by atoms with van der Waals surface area (Å²) in [4.78, 5) is 49.6. The van der Waals surface area contributed by atoms with Gasteiger partial charge in [-0.05, 0) is 30.7 Å². The van der Waals surface area contributed by atoms with E-state index in [2.05, 4.69) is 16.0 Å². The van der Waals surface area contributed by atoms with Crippen LogP contribution in [0.4, 0.5) is 5.69 Å². The monoisotopic (exact) mass is 390 g/mol. The molecule has 0 aromatic heterocycles. The smallest absolute Gasteiger partial charge is 0.307 e. The lowest BCUT2D eigenvalue weighted by molar-refractivity contribution is -0.148. The van der Waals surface area contributed by atoms with Gasteiger partial charge in [0.05, 0.1) is 19.6 Å². The molecule has 1 aromatic rings. The Hall–Kier alpha value is -2.94. The van der Waals surface area contributed by atoms with Crippen molar-refractivity contribution in [3.8, 4) is 0 Å². The molecule has 1 unspecified atom stereocenters. The molecule has 1 aliphatic rings. The van der Waals surface area contributed by atoms with Gasteiger partial charge in [0, 0.05) is 31.4 Å². The predicted molar refractivity (Wildman–Crippen MR) is 103 cm³/mol. The summed E-state index contributed by atoms with van der Waals surface area (Å²) in [7, 11) is 1.54. The molecule has 9 heteroatoms. The number of piperazine rings is 1. The molecule has 1 atom stereocenters. The van der Waals surface area contributed by atoms with Gasteiger partial charge < -0.3 is 20.7 Å². The van der Waals surface area contributed by atoms with E-state index in [0.717, 1.165) is 0 Å². The van der Waals surface area contributed by atoms with Crippen molar-refractivity contribution in [3.63, 3.8) is 0 Å². The van der Waals surface area contributed by atoms with Crippen LogP contribution in [0.1, 0.15) is 30.1 Å². The molecule has 1 fully saturated rings. The second-order valence-corrected chi connectivity index (χ2v) is 6.41. The molecular weight excluding hydrogens is 364 g/mol. The Morgan fingerprint density at radius 2 is 1.96 bits per heavy atom. The highest BCUT2D eigenvalue weighted by molar-refractivity contribution is 5.96. The lowest BCUT2D eigenvalue weighted by atomic mass is 10.1. The molecule has 3 N–H and O–H groups in total. The van der Waals surface area contributed by atoms with E-state index in [1.807, 2.05) is 6.92 Å². The molecule has 1 aromatic carbocycles. The van der Waals surface area contributed by atoms with Gasteiger partial charge in [0.1, 0.15) is 6.04 Å². The molecular formula is C19H26N4O5. The van der Waals surface area contributed by atoms with Crippen molar-refractivity contribution in [1.29, 1.82) is 0 Å². The van der Waals surface area contributed by atoms with Crippen molar-refractivity contribution >= 4 is 29.4 Å². The normalized spacial score (nSPS) is 16.8. The molecule has 0 aliphatic carbocycles. The van der Waals surface area contributed by atoms with Gasteiger partial charge in [0.2, 0.25) is 11.8 Å². The fourth-order valence-corrected chi connectivity index (χ4v) is 2.84. The Morgan fingerprint density at radius 1 is 1.25 bits per heavy atom. The molecule has 0 radical (unpaired) electrons. The number of amides is 3. The van der Waals surface area contributed by atoms with Gasteiger partial charge in [0.25, 0.3) is 5.91 Å². The van der Waals surface area contributed by atoms with Gasteiger partial charge in [-0.25, -0.2) is 0 Å². The third-order valence-electron chi connectivity index (χ3n) is 4.27. The highest BCUT2D eigenvalue weighted by Crippen LogP contribution is 2.12. The predicted octanol–water partition coefficient (Wildman–Crippen LogP) is 0.128. The molecule has 1 aliphatic heterocycles. The molecule has 0 saturated carbocycles. The third-order valence-corrected chi connectivity index (χ3v) is 4.27. The van der Waals surface area contributed by atoms with Gasteiger partial charge in [-0.1, -0.05) is 6.92 Å². The van der Waals surface area contributed by atoms with Crippen LogP contribution in [0.2, 0.25) is 0 Å². The van der Waals surface area contributed by atoms with E-state index in [1.165, 1.54) is 0 Å². The fraction of sp³-hybridized carbons (Fsp3) is 0.474. The Kier molecular flexibility index (Phi) is 7.94. The van der Waals surface area contributed by atoms with E-state index in [9.17, 15) is 19.2 Å². The van der Waals surface area contributed by atoms with Gasteiger partial charge >= 0.3 is 5.97 Å². The zero-order valence-electron chi connectivity index (χ0n) is 16.1. The topological polar surface area (TPSA) is 117 Å². The number of esters is 1. The minimum Gasteiger partial charge on any atom is -0.466 e. The summed E-state index contributed by atoms with van der Waals surface area (Å²) in [6.45, 7) is 3.03. The molecule has 9 nitrogen and oxygen atoms in total. The van der Waals surface area contributed by atoms with Crippen LogP contribution in [0.5, 0.6) is 0 Å². The number of carbonyl (C=O) groups is 4. The number of anilines is 1. The Bertz CT molecular complexity index is 720. The molecule has 0 bridgehead atoms. The van der Waals surface area contributed by atoms with Crippen LogP contribution in [-0.4, -0.2) is 67.9 Å². The number of nitrogens with one attached hydrogen (secondary N) is 3. The SMILES string of the molecule is CCCOC(=O)CC1C(=O)NCCN1CC(=O)Nc1ccc(C(=O)NC)cc1. The number of ether oxygens (including phenoxy) is 1. The van der Waals surface area contributed by atoms with Gasteiger partial charge in [-0.2, -0.15) is 0 Å². The first-order valence-electron chi connectivity index (χ1n) is 9.24. The van der Waals surface area contributed by atoms with Gasteiger partial charge in [0.15, 0.2) is 0 Å². The van der Waals surface area contributed by atoms with Crippen molar-refractivity contribution in [2.75, 3.05) is 38.6 Å². The van der Waals surface area contributed by atoms with Crippen LogP contribution in [0.15, 0.2) is 24.3 Å². The first-order valence-corrected chi connectivity index (χ1v) is 9.24.